The fraction of sp³-hybridized carbons (Fsp3) is 0.462. The van der Waals surface area contributed by atoms with Crippen LogP contribution in [-0.2, 0) is 17.6 Å². The van der Waals surface area contributed by atoms with Crippen molar-refractivity contribution in [3.05, 3.63) is 35.4 Å². The smallest absolute Gasteiger partial charge is 0.227 e. The molecule has 0 fully saturated rings. The maximum absolute atomic E-state index is 11.9. The topological polar surface area (TPSA) is 20.3 Å². The quantitative estimate of drug-likeness (QED) is 0.720. The van der Waals surface area contributed by atoms with Crippen molar-refractivity contribution < 1.29 is 4.79 Å². The fourth-order valence-electron chi connectivity index (χ4n) is 2.14. The summed E-state index contributed by atoms with van der Waals surface area (Å²) in [5, 5.41) is 0. The van der Waals surface area contributed by atoms with Gasteiger partial charge in [-0.2, -0.15) is 0 Å². The van der Waals surface area contributed by atoms with Crippen molar-refractivity contribution >= 4 is 5.91 Å². The Labute approximate surface area is 90.9 Å². The lowest BCUT2D eigenvalue weighted by molar-refractivity contribution is -0.130. The molecule has 0 spiro atoms. The highest BCUT2D eigenvalue weighted by Gasteiger charge is 2.18. The van der Waals surface area contributed by atoms with Crippen molar-refractivity contribution in [2.75, 3.05) is 13.1 Å². The van der Waals surface area contributed by atoms with E-state index in [9.17, 15) is 4.79 Å². The summed E-state index contributed by atoms with van der Waals surface area (Å²) in [4.78, 5) is 13.9. The Morgan fingerprint density at radius 3 is 2.73 bits per heavy atom. The molecule has 2 heteroatoms. The highest BCUT2D eigenvalue weighted by molar-refractivity contribution is 5.79. The van der Waals surface area contributed by atoms with Gasteiger partial charge in [0.15, 0.2) is 0 Å². The van der Waals surface area contributed by atoms with Gasteiger partial charge in [-0.3, -0.25) is 4.79 Å². The minimum absolute atomic E-state index is 0.279. The zero-order chi connectivity index (χ0) is 10.7. The molecule has 2 rings (SSSR count). The highest BCUT2D eigenvalue weighted by Crippen LogP contribution is 2.16. The molecular weight excluding hydrogens is 186 g/mol. The van der Waals surface area contributed by atoms with E-state index in [1.54, 1.807) is 0 Å². The molecule has 1 aliphatic heterocycles. The van der Waals surface area contributed by atoms with Crippen LogP contribution in [0.2, 0.25) is 0 Å². The molecule has 0 saturated heterocycles. The van der Waals surface area contributed by atoms with E-state index in [0.717, 1.165) is 25.9 Å². The van der Waals surface area contributed by atoms with E-state index in [1.807, 2.05) is 11.0 Å². The first kappa shape index (κ1) is 10.2. The van der Waals surface area contributed by atoms with Gasteiger partial charge in [-0.25, -0.2) is 0 Å². The largest absolute Gasteiger partial charge is 0.342 e. The molecule has 2 nitrogen and oxygen atoms in total. The number of hydrogen-bond acceptors (Lipinski definition) is 1. The molecule has 1 aromatic carbocycles. The normalized spacial score (nSPS) is 16.1. The summed E-state index contributed by atoms with van der Waals surface area (Å²) in [6.45, 7) is 3.89. The minimum atomic E-state index is 0.279. The molecule has 0 atom stereocenters. The molecule has 1 heterocycles. The first-order chi connectivity index (χ1) is 7.31. The Bertz CT molecular complexity index is 359. The molecule has 0 aromatic heterocycles. The number of rotatable bonds is 2. The van der Waals surface area contributed by atoms with E-state index in [2.05, 4.69) is 25.1 Å². The number of benzene rings is 1. The predicted molar refractivity (Wildman–Crippen MR) is 60.7 cm³/mol. The number of nitrogens with zero attached hydrogens (tertiary/aromatic N) is 1. The first-order valence-electron chi connectivity index (χ1n) is 5.66. The van der Waals surface area contributed by atoms with Crippen LogP contribution in [0.4, 0.5) is 0 Å². The Balaban J connectivity index is 2.19. The van der Waals surface area contributed by atoms with E-state index in [-0.39, 0.29) is 5.91 Å². The lowest BCUT2D eigenvalue weighted by atomic mass is 10.0. The lowest BCUT2D eigenvalue weighted by Crippen LogP contribution is -2.32. The SMILES string of the molecule is CCCN1CCc2ccccc2CC1=O. The van der Waals surface area contributed by atoms with Crippen LogP contribution in [-0.4, -0.2) is 23.9 Å². The maximum atomic E-state index is 11.9. The molecule has 0 aliphatic carbocycles. The molecular formula is C13H17NO. The summed E-state index contributed by atoms with van der Waals surface area (Å²) in [7, 11) is 0. The monoisotopic (exact) mass is 203 g/mol. The lowest BCUT2D eigenvalue weighted by Gasteiger charge is -2.19. The second kappa shape index (κ2) is 4.47. The average Bonchev–Trinajstić information content (AvgIpc) is 2.40. The van der Waals surface area contributed by atoms with Crippen molar-refractivity contribution in [1.29, 1.82) is 0 Å². The summed E-state index contributed by atoms with van der Waals surface area (Å²) in [6.07, 6.45) is 2.63. The van der Waals surface area contributed by atoms with Gasteiger partial charge in [0.25, 0.3) is 0 Å². The second-order valence-electron chi connectivity index (χ2n) is 4.08. The van der Waals surface area contributed by atoms with Crippen molar-refractivity contribution in [3.8, 4) is 0 Å². The Morgan fingerprint density at radius 1 is 1.27 bits per heavy atom. The third kappa shape index (κ3) is 2.20. The standard InChI is InChI=1S/C13H17NO/c1-2-8-14-9-7-11-5-3-4-6-12(11)10-13(14)15/h3-6H,2,7-10H2,1H3. The molecule has 15 heavy (non-hydrogen) atoms. The van der Waals surface area contributed by atoms with Crippen molar-refractivity contribution in [3.63, 3.8) is 0 Å². The number of amides is 1. The highest BCUT2D eigenvalue weighted by atomic mass is 16.2. The fourth-order valence-corrected chi connectivity index (χ4v) is 2.14. The summed E-state index contributed by atoms with van der Waals surface area (Å²) < 4.78 is 0. The molecule has 0 N–H and O–H groups in total. The first-order valence-corrected chi connectivity index (χ1v) is 5.66. The van der Waals surface area contributed by atoms with Gasteiger partial charge >= 0.3 is 0 Å². The van der Waals surface area contributed by atoms with Crippen LogP contribution in [0.1, 0.15) is 24.5 Å². The molecule has 1 aromatic rings. The molecule has 1 amide bonds. The van der Waals surface area contributed by atoms with Crippen LogP contribution < -0.4 is 0 Å². The van der Waals surface area contributed by atoms with Gasteiger partial charge in [0.2, 0.25) is 5.91 Å². The van der Waals surface area contributed by atoms with E-state index < -0.39 is 0 Å². The van der Waals surface area contributed by atoms with Crippen LogP contribution in [0.25, 0.3) is 0 Å². The number of fused-ring (bicyclic) bond motifs is 1. The minimum Gasteiger partial charge on any atom is -0.342 e. The van der Waals surface area contributed by atoms with Gasteiger partial charge < -0.3 is 4.90 Å². The van der Waals surface area contributed by atoms with E-state index in [1.165, 1.54) is 11.1 Å². The Hall–Kier alpha value is -1.31. The zero-order valence-electron chi connectivity index (χ0n) is 9.20. The van der Waals surface area contributed by atoms with E-state index in [4.69, 9.17) is 0 Å². The summed E-state index contributed by atoms with van der Waals surface area (Å²) in [5.74, 6) is 0.279. The van der Waals surface area contributed by atoms with Gasteiger partial charge in [0.05, 0.1) is 6.42 Å². The maximum Gasteiger partial charge on any atom is 0.227 e. The number of carbonyl (C=O) groups excluding carboxylic acids is 1. The van der Waals surface area contributed by atoms with Gasteiger partial charge in [-0.15, -0.1) is 0 Å². The van der Waals surface area contributed by atoms with E-state index in [0.29, 0.717) is 6.42 Å². The second-order valence-corrected chi connectivity index (χ2v) is 4.08. The van der Waals surface area contributed by atoms with Gasteiger partial charge in [-0.05, 0) is 24.0 Å². The molecule has 0 saturated carbocycles. The summed E-state index contributed by atoms with van der Waals surface area (Å²) >= 11 is 0. The van der Waals surface area contributed by atoms with E-state index >= 15 is 0 Å². The third-order valence-electron chi connectivity index (χ3n) is 2.96. The van der Waals surface area contributed by atoms with Crippen LogP contribution in [0, 0.1) is 0 Å². The van der Waals surface area contributed by atoms with Gasteiger partial charge in [-0.1, -0.05) is 31.2 Å². The van der Waals surface area contributed by atoms with Gasteiger partial charge in [0, 0.05) is 13.1 Å². The molecule has 0 unspecified atom stereocenters. The van der Waals surface area contributed by atoms with Crippen molar-refractivity contribution in [1.82, 2.24) is 4.90 Å². The number of carbonyl (C=O) groups is 1. The van der Waals surface area contributed by atoms with Crippen LogP contribution in [0.3, 0.4) is 0 Å². The number of hydrogen-bond donors (Lipinski definition) is 0. The average molecular weight is 203 g/mol. The molecule has 0 bridgehead atoms. The van der Waals surface area contributed by atoms with Crippen LogP contribution in [0.15, 0.2) is 24.3 Å². The summed E-state index contributed by atoms with van der Waals surface area (Å²) in [6, 6.07) is 8.28. The van der Waals surface area contributed by atoms with Crippen LogP contribution >= 0.6 is 0 Å². The third-order valence-corrected chi connectivity index (χ3v) is 2.96. The zero-order valence-corrected chi connectivity index (χ0v) is 9.20. The summed E-state index contributed by atoms with van der Waals surface area (Å²) in [5.41, 5.74) is 2.55. The van der Waals surface area contributed by atoms with Crippen LogP contribution in [0.5, 0.6) is 0 Å². The van der Waals surface area contributed by atoms with Crippen molar-refractivity contribution in [2.45, 2.75) is 26.2 Å². The molecule has 1 aliphatic rings. The molecule has 0 radical (unpaired) electrons. The van der Waals surface area contributed by atoms with Crippen molar-refractivity contribution in [2.24, 2.45) is 0 Å². The van der Waals surface area contributed by atoms with Gasteiger partial charge in [0.1, 0.15) is 0 Å². The predicted octanol–water partition coefficient (Wildman–Crippen LogP) is 2.02. The molecule has 80 valence electrons. The Kier molecular flexibility index (Phi) is 3.05. The Morgan fingerprint density at radius 2 is 2.00 bits per heavy atom.